The first-order chi connectivity index (χ1) is 16.7. The number of carbonyl (C=O) groups is 2. The molecule has 1 aliphatic rings. The fourth-order valence-corrected chi connectivity index (χ4v) is 4.17. The van der Waals surface area contributed by atoms with Crippen LogP contribution in [0.2, 0.25) is 0 Å². The number of hydrogen-bond acceptors (Lipinski definition) is 4. The van der Waals surface area contributed by atoms with E-state index in [1.165, 1.54) is 13.3 Å². The van der Waals surface area contributed by atoms with E-state index in [9.17, 15) is 22.8 Å². The summed E-state index contributed by atoms with van der Waals surface area (Å²) in [5.41, 5.74) is 2.63. The lowest BCUT2D eigenvalue weighted by molar-refractivity contribution is -0.183. The van der Waals surface area contributed by atoms with Crippen molar-refractivity contribution in [3.63, 3.8) is 0 Å². The molecule has 2 amide bonds. The summed E-state index contributed by atoms with van der Waals surface area (Å²) in [7, 11) is 3.05. The van der Waals surface area contributed by atoms with Gasteiger partial charge in [-0.3, -0.25) is 9.59 Å². The summed E-state index contributed by atoms with van der Waals surface area (Å²) < 4.78 is 44.0. The van der Waals surface area contributed by atoms with E-state index in [4.69, 9.17) is 4.74 Å². The third kappa shape index (κ3) is 7.56. The normalized spacial score (nSPS) is 18.3. The highest BCUT2D eigenvalue weighted by Gasteiger charge is 2.40. The van der Waals surface area contributed by atoms with Crippen molar-refractivity contribution < 1.29 is 27.5 Å². The summed E-state index contributed by atoms with van der Waals surface area (Å²) in [6.07, 6.45) is 2.38. The Labute approximate surface area is 203 Å². The van der Waals surface area contributed by atoms with E-state index < -0.39 is 12.1 Å². The smallest absolute Gasteiger partial charge is 0.391 e. The number of likely N-dealkylation sites (N-methyl/N-ethyl adjacent to an activating group) is 1. The Balaban J connectivity index is 1.63. The van der Waals surface area contributed by atoms with Gasteiger partial charge < -0.3 is 15.4 Å². The predicted octanol–water partition coefficient (Wildman–Crippen LogP) is 4.69. The van der Waals surface area contributed by atoms with Gasteiger partial charge in [-0.2, -0.15) is 13.2 Å². The van der Waals surface area contributed by atoms with E-state index in [0.29, 0.717) is 29.8 Å². The standard InChI is InChI=1S/C26H30F3N3O3/c1-30-23(33)13-18-4-3-5-19(12-18)15-31-24(34)21-14-20(25(35-2)32-16-21)9-6-17-7-10-22(11-8-17)26(27,28)29/h3-6,9,12,14,16-17,22H,7-8,10-11,13,15H2,1-2H3,(H,30,33)(H,31,34)/b9-6+/t17-,22+. The number of hydrogen-bond donors (Lipinski definition) is 2. The number of methoxy groups -OCH3 is 1. The fraction of sp³-hybridized carbons (Fsp3) is 0.423. The van der Waals surface area contributed by atoms with Crippen LogP contribution in [0.4, 0.5) is 13.2 Å². The van der Waals surface area contributed by atoms with Gasteiger partial charge in [0.25, 0.3) is 5.91 Å². The average molecular weight is 490 g/mol. The van der Waals surface area contributed by atoms with Gasteiger partial charge in [-0.15, -0.1) is 0 Å². The Morgan fingerprint density at radius 1 is 1.14 bits per heavy atom. The largest absolute Gasteiger partial charge is 0.481 e. The van der Waals surface area contributed by atoms with Crippen LogP contribution in [0.3, 0.4) is 0 Å². The lowest BCUT2D eigenvalue weighted by Gasteiger charge is -2.28. The van der Waals surface area contributed by atoms with Gasteiger partial charge in [0.05, 0.1) is 25.0 Å². The number of ether oxygens (including phenoxy) is 1. The first-order valence-electron chi connectivity index (χ1n) is 11.5. The average Bonchev–Trinajstić information content (AvgIpc) is 2.85. The molecule has 0 spiro atoms. The summed E-state index contributed by atoms with van der Waals surface area (Å²) in [4.78, 5) is 28.5. The highest BCUT2D eigenvalue weighted by molar-refractivity contribution is 5.94. The maximum atomic E-state index is 12.9. The zero-order chi connectivity index (χ0) is 25.4. The molecule has 35 heavy (non-hydrogen) atoms. The van der Waals surface area contributed by atoms with Crippen molar-refractivity contribution >= 4 is 17.9 Å². The molecule has 0 atom stereocenters. The second-order valence-electron chi connectivity index (χ2n) is 8.69. The maximum absolute atomic E-state index is 12.9. The molecule has 1 saturated carbocycles. The van der Waals surface area contributed by atoms with E-state index in [1.54, 1.807) is 19.2 Å². The molecule has 3 rings (SSSR count). The van der Waals surface area contributed by atoms with Crippen LogP contribution in [0.25, 0.3) is 6.08 Å². The molecule has 1 fully saturated rings. The van der Waals surface area contributed by atoms with Crippen LogP contribution in [0.5, 0.6) is 5.88 Å². The van der Waals surface area contributed by atoms with Gasteiger partial charge in [0.1, 0.15) is 0 Å². The molecule has 0 aliphatic heterocycles. The summed E-state index contributed by atoms with van der Waals surface area (Å²) in [5, 5.41) is 5.43. The molecule has 2 N–H and O–H groups in total. The minimum absolute atomic E-state index is 0.0397. The Hall–Kier alpha value is -3.36. The van der Waals surface area contributed by atoms with E-state index in [0.717, 1.165) is 11.1 Å². The zero-order valence-electron chi connectivity index (χ0n) is 19.8. The third-order valence-corrected chi connectivity index (χ3v) is 6.21. The molecule has 1 aromatic heterocycles. The number of amides is 2. The SMILES string of the molecule is CNC(=O)Cc1cccc(CNC(=O)c2cnc(OC)c(/C=C/[C@H]3CC[C@@H](C(F)(F)F)CC3)c2)c1. The summed E-state index contributed by atoms with van der Waals surface area (Å²) in [6, 6.07) is 9.06. The Bertz CT molecular complexity index is 1060. The lowest BCUT2D eigenvalue weighted by atomic mass is 9.81. The number of aromatic nitrogens is 1. The van der Waals surface area contributed by atoms with Gasteiger partial charge in [0.2, 0.25) is 11.8 Å². The number of rotatable bonds is 8. The van der Waals surface area contributed by atoms with Gasteiger partial charge in [-0.25, -0.2) is 4.98 Å². The van der Waals surface area contributed by atoms with Crippen molar-refractivity contribution in [2.75, 3.05) is 14.2 Å². The Morgan fingerprint density at radius 3 is 2.51 bits per heavy atom. The number of halogens is 3. The molecule has 0 bridgehead atoms. The molecule has 2 aromatic rings. The summed E-state index contributed by atoms with van der Waals surface area (Å²) >= 11 is 0. The number of nitrogens with one attached hydrogen (secondary N) is 2. The van der Waals surface area contributed by atoms with Crippen LogP contribution in [0.1, 0.15) is 52.7 Å². The molecule has 9 heteroatoms. The molecule has 0 radical (unpaired) electrons. The quantitative estimate of drug-likeness (QED) is 0.564. The zero-order valence-corrected chi connectivity index (χ0v) is 19.8. The van der Waals surface area contributed by atoms with E-state index >= 15 is 0 Å². The first-order valence-corrected chi connectivity index (χ1v) is 11.5. The van der Waals surface area contributed by atoms with Crippen LogP contribution >= 0.6 is 0 Å². The van der Waals surface area contributed by atoms with Crippen molar-refractivity contribution in [2.24, 2.45) is 11.8 Å². The predicted molar refractivity (Wildman–Crippen MR) is 127 cm³/mol. The van der Waals surface area contributed by atoms with Crippen molar-refractivity contribution in [1.82, 2.24) is 15.6 Å². The van der Waals surface area contributed by atoms with Gasteiger partial charge >= 0.3 is 6.18 Å². The number of carbonyl (C=O) groups excluding carboxylic acids is 2. The third-order valence-electron chi connectivity index (χ3n) is 6.21. The molecule has 1 aliphatic carbocycles. The van der Waals surface area contributed by atoms with E-state index in [1.807, 2.05) is 30.3 Å². The molecular weight excluding hydrogens is 459 g/mol. The Morgan fingerprint density at radius 2 is 1.86 bits per heavy atom. The topological polar surface area (TPSA) is 80.3 Å². The minimum atomic E-state index is -4.13. The van der Waals surface area contributed by atoms with Crippen molar-refractivity contribution in [3.05, 3.63) is 64.9 Å². The number of allylic oxidation sites excluding steroid dienone is 1. The van der Waals surface area contributed by atoms with Gasteiger partial charge in [0, 0.05) is 25.4 Å². The van der Waals surface area contributed by atoms with E-state index in [-0.39, 0.29) is 43.5 Å². The van der Waals surface area contributed by atoms with Crippen molar-refractivity contribution in [2.45, 2.75) is 44.8 Å². The van der Waals surface area contributed by atoms with Crippen LogP contribution in [-0.2, 0) is 17.8 Å². The van der Waals surface area contributed by atoms with Gasteiger partial charge in [0.15, 0.2) is 0 Å². The molecule has 0 unspecified atom stereocenters. The molecule has 6 nitrogen and oxygen atoms in total. The Kier molecular flexibility index (Phi) is 8.89. The number of benzene rings is 1. The summed E-state index contributed by atoms with van der Waals surface area (Å²) in [5.74, 6) is -1.26. The van der Waals surface area contributed by atoms with Crippen LogP contribution in [-0.4, -0.2) is 37.1 Å². The molecular formula is C26H30F3N3O3. The second-order valence-corrected chi connectivity index (χ2v) is 8.69. The van der Waals surface area contributed by atoms with Crippen LogP contribution < -0.4 is 15.4 Å². The molecule has 188 valence electrons. The highest BCUT2D eigenvalue weighted by atomic mass is 19.4. The van der Waals surface area contributed by atoms with Gasteiger partial charge in [-0.05, 0) is 48.8 Å². The highest BCUT2D eigenvalue weighted by Crippen LogP contribution is 2.40. The number of alkyl halides is 3. The molecule has 1 heterocycles. The van der Waals surface area contributed by atoms with E-state index in [2.05, 4.69) is 15.6 Å². The molecule has 1 aromatic carbocycles. The number of pyridine rings is 1. The van der Waals surface area contributed by atoms with Crippen LogP contribution in [0.15, 0.2) is 42.6 Å². The first kappa shape index (κ1) is 26.2. The van der Waals surface area contributed by atoms with Crippen LogP contribution in [0, 0.1) is 11.8 Å². The van der Waals surface area contributed by atoms with Gasteiger partial charge in [-0.1, -0.05) is 36.4 Å². The van der Waals surface area contributed by atoms with Crippen molar-refractivity contribution in [3.8, 4) is 5.88 Å². The fourth-order valence-electron chi connectivity index (χ4n) is 4.17. The monoisotopic (exact) mass is 489 g/mol. The second kappa shape index (κ2) is 11.9. The van der Waals surface area contributed by atoms with Crippen molar-refractivity contribution in [1.29, 1.82) is 0 Å². The number of nitrogens with zero attached hydrogens (tertiary/aromatic N) is 1. The summed E-state index contributed by atoms with van der Waals surface area (Å²) in [6.45, 7) is 0.278. The maximum Gasteiger partial charge on any atom is 0.391 e. The lowest BCUT2D eigenvalue weighted by Crippen LogP contribution is -2.27. The minimum Gasteiger partial charge on any atom is -0.481 e. The molecule has 0 saturated heterocycles.